The van der Waals surface area contributed by atoms with E-state index in [1.807, 2.05) is 17.8 Å². The largest absolute Gasteiger partial charge is 0.478 e. The number of benzene rings is 1. The molecule has 2 N–H and O–H groups in total. The summed E-state index contributed by atoms with van der Waals surface area (Å²) in [5.41, 5.74) is 3.50. The van der Waals surface area contributed by atoms with Gasteiger partial charge in [-0.3, -0.25) is 4.68 Å². The number of nitriles is 1. The predicted molar refractivity (Wildman–Crippen MR) is 111 cm³/mol. The Labute approximate surface area is 174 Å². The lowest BCUT2D eigenvalue weighted by atomic mass is 9.87. The smallest absolute Gasteiger partial charge is 0.335 e. The Bertz CT molecular complexity index is 1090. The molecule has 30 heavy (non-hydrogen) atoms. The fraction of sp³-hybridized carbons (Fsp3) is 0.318. The first kappa shape index (κ1) is 19.6. The van der Waals surface area contributed by atoms with Gasteiger partial charge >= 0.3 is 5.97 Å². The van der Waals surface area contributed by atoms with Crippen LogP contribution in [-0.4, -0.2) is 30.8 Å². The molecule has 0 unspecified atom stereocenters. The zero-order valence-electron chi connectivity index (χ0n) is 16.6. The van der Waals surface area contributed by atoms with E-state index in [4.69, 9.17) is 10.4 Å². The van der Waals surface area contributed by atoms with Crippen molar-refractivity contribution < 1.29 is 9.90 Å². The molecule has 4 rings (SSSR count). The van der Waals surface area contributed by atoms with Gasteiger partial charge in [-0.2, -0.15) is 10.4 Å². The molecule has 0 radical (unpaired) electrons. The maximum atomic E-state index is 11.1. The topological polar surface area (TPSA) is 117 Å². The molecule has 2 heterocycles. The Hall–Kier alpha value is -3.73. The van der Waals surface area contributed by atoms with E-state index in [1.165, 1.54) is 0 Å². The minimum absolute atomic E-state index is 0.165. The van der Waals surface area contributed by atoms with Crippen molar-refractivity contribution in [2.24, 2.45) is 5.92 Å². The highest BCUT2D eigenvalue weighted by atomic mass is 16.4. The molecule has 0 saturated heterocycles. The van der Waals surface area contributed by atoms with Gasteiger partial charge in [-0.1, -0.05) is 12.1 Å². The molecular weight excluding hydrogens is 380 g/mol. The van der Waals surface area contributed by atoms with Gasteiger partial charge < -0.3 is 10.4 Å². The van der Waals surface area contributed by atoms with Crippen molar-refractivity contribution in [3.8, 4) is 17.3 Å². The van der Waals surface area contributed by atoms with E-state index in [1.54, 1.807) is 36.7 Å². The molecule has 2 aromatic heterocycles. The third-order valence-corrected chi connectivity index (χ3v) is 5.49. The number of anilines is 2. The maximum absolute atomic E-state index is 11.1. The number of nitrogens with zero attached hydrogens (tertiary/aromatic N) is 5. The maximum Gasteiger partial charge on any atom is 0.335 e. The van der Waals surface area contributed by atoms with Crippen molar-refractivity contribution in [1.82, 2.24) is 19.7 Å². The monoisotopic (exact) mass is 402 g/mol. The van der Waals surface area contributed by atoms with Gasteiger partial charge in [-0.25, -0.2) is 14.8 Å². The van der Waals surface area contributed by atoms with Crippen LogP contribution >= 0.6 is 0 Å². The summed E-state index contributed by atoms with van der Waals surface area (Å²) in [6, 6.07) is 9.30. The number of nitrogens with one attached hydrogen (secondary N) is 1. The fourth-order valence-corrected chi connectivity index (χ4v) is 3.77. The minimum Gasteiger partial charge on any atom is -0.478 e. The highest BCUT2D eigenvalue weighted by molar-refractivity contribution is 5.88. The summed E-state index contributed by atoms with van der Waals surface area (Å²) in [4.78, 5) is 20.0. The van der Waals surface area contributed by atoms with E-state index in [-0.39, 0.29) is 11.5 Å². The first-order chi connectivity index (χ1) is 14.5. The second-order valence-corrected chi connectivity index (χ2v) is 7.58. The average Bonchev–Trinajstić information content (AvgIpc) is 3.23. The number of carboxylic acid groups (broad SMARTS) is 1. The summed E-state index contributed by atoms with van der Waals surface area (Å²) in [6.07, 6.45) is 9.17. The predicted octanol–water partition coefficient (Wildman–Crippen LogP) is 4.35. The molecule has 0 amide bonds. The standard InChI is InChI=1S/C22H22N6O2/c1-14-11-24-22(27-20(14)16-4-6-17(7-5-16)21(29)30)26-18-12-25-28(13-18)19-8-2-15(10-23)3-9-19/h4-7,11-13,15,19H,2-3,8-9H2,1H3,(H,29,30)(H,24,26,27). The minimum atomic E-state index is -0.957. The molecule has 1 aliphatic carbocycles. The molecule has 1 fully saturated rings. The van der Waals surface area contributed by atoms with Gasteiger partial charge in [0.2, 0.25) is 5.95 Å². The molecule has 0 atom stereocenters. The number of carboxylic acids is 1. The second kappa shape index (κ2) is 8.33. The highest BCUT2D eigenvalue weighted by Crippen LogP contribution is 2.32. The van der Waals surface area contributed by atoms with E-state index in [0.717, 1.165) is 48.2 Å². The molecule has 0 aliphatic heterocycles. The second-order valence-electron chi connectivity index (χ2n) is 7.58. The number of rotatable bonds is 5. The van der Waals surface area contributed by atoms with Crippen LogP contribution in [0.3, 0.4) is 0 Å². The summed E-state index contributed by atoms with van der Waals surface area (Å²) in [7, 11) is 0. The van der Waals surface area contributed by atoms with Gasteiger partial charge in [0.05, 0.1) is 35.3 Å². The van der Waals surface area contributed by atoms with Gasteiger partial charge in [-0.05, 0) is 50.3 Å². The molecule has 152 valence electrons. The number of carbonyl (C=O) groups is 1. The lowest BCUT2D eigenvalue weighted by molar-refractivity contribution is 0.0697. The van der Waals surface area contributed by atoms with E-state index in [2.05, 4.69) is 26.5 Å². The van der Waals surface area contributed by atoms with Crippen molar-refractivity contribution in [2.45, 2.75) is 38.6 Å². The quantitative estimate of drug-likeness (QED) is 0.652. The van der Waals surface area contributed by atoms with Crippen LogP contribution in [0.2, 0.25) is 0 Å². The Morgan fingerprint density at radius 1 is 1.20 bits per heavy atom. The summed E-state index contributed by atoms with van der Waals surface area (Å²) < 4.78 is 1.95. The third kappa shape index (κ3) is 4.15. The molecule has 1 aliphatic rings. The molecule has 0 spiro atoms. The van der Waals surface area contributed by atoms with Gasteiger partial charge in [0, 0.05) is 23.9 Å². The summed E-state index contributed by atoms with van der Waals surface area (Å²) in [6.45, 7) is 1.92. The zero-order chi connectivity index (χ0) is 21.1. The van der Waals surface area contributed by atoms with Crippen LogP contribution in [0.4, 0.5) is 11.6 Å². The van der Waals surface area contributed by atoms with E-state index in [9.17, 15) is 4.79 Å². The van der Waals surface area contributed by atoms with Gasteiger partial charge in [-0.15, -0.1) is 0 Å². The Morgan fingerprint density at radius 3 is 2.60 bits per heavy atom. The lowest BCUT2D eigenvalue weighted by Crippen LogP contribution is -2.17. The fourth-order valence-electron chi connectivity index (χ4n) is 3.77. The van der Waals surface area contributed by atoms with Crippen LogP contribution in [0.5, 0.6) is 0 Å². The summed E-state index contributed by atoms with van der Waals surface area (Å²) >= 11 is 0. The molecule has 1 aromatic carbocycles. The Kier molecular flexibility index (Phi) is 5.44. The van der Waals surface area contributed by atoms with Crippen LogP contribution in [0.25, 0.3) is 11.3 Å². The van der Waals surface area contributed by atoms with E-state index in [0.29, 0.717) is 12.0 Å². The van der Waals surface area contributed by atoms with Crippen molar-refractivity contribution >= 4 is 17.6 Å². The van der Waals surface area contributed by atoms with Crippen LogP contribution in [0, 0.1) is 24.2 Å². The normalized spacial score (nSPS) is 18.5. The van der Waals surface area contributed by atoms with Crippen molar-refractivity contribution in [3.05, 3.63) is 54.0 Å². The van der Waals surface area contributed by atoms with Gasteiger partial charge in [0.25, 0.3) is 0 Å². The first-order valence-corrected chi connectivity index (χ1v) is 9.91. The van der Waals surface area contributed by atoms with E-state index >= 15 is 0 Å². The lowest BCUT2D eigenvalue weighted by Gasteiger charge is -2.24. The number of aromatic nitrogens is 4. The molecule has 0 bridgehead atoms. The third-order valence-electron chi connectivity index (χ3n) is 5.49. The van der Waals surface area contributed by atoms with E-state index < -0.39 is 5.97 Å². The van der Waals surface area contributed by atoms with Gasteiger partial charge in [0.1, 0.15) is 0 Å². The number of aromatic carboxylic acids is 1. The van der Waals surface area contributed by atoms with Crippen molar-refractivity contribution in [3.63, 3.8) is 0 Å². The number of aryl methyl sites for hydroxylation is 1. The molecular formula is C22H22N6O2. The van der Waals surface area contributed by atoms with Crippen molar-refractivity contribution in [1.29, 1.82) is 5.26 Å². The number of hydrogen-bond donors (Lipinski definition) is 2. The van der Waals surface area contributed by atoms with Gasteiger partial charge in [0.15, 0.2) is 0 Å². The van der Waals surface area contributed by atoms with Crippen LogP contribution in [0.1, 0.15) is 47.6 Å². The van der Waals surface area contributed by atoms with Crippen LogP contribution < -0.4 is 5.32 Å². The summed E-state index contributed by atoms with van der Waals surface area (Å²) in [5, 5.41) is 25.8. The Morgan fingerprint density at radius 2 is 1.93 bits per heavy atom. The highest BCUT2D eigenvalue weighted by Gasteiger charge is 2.22. The molecule has 3 aromatic rings. The zero-order valence-corrected chi connectivity index (χ0v) is 16.6. The van der Waals surface area contributed by atoms with Crippen LogP contribution in [0.15, 0.2) is 42.9 Å². The SMILES string of the molecule is Cc1cnc(Nc2cnn(C3CCC(C#N)CC3)c2)nc1-c1ccc(C(=O)O)cc1. The first-order valence-electron chi connectivity index (χ1n) is 9.91. The summed E-state index contributed by atoms with van der Waals surface area (Å²) in [5.74, 6) is -0.342. The molecule has 1 saturated carbocycles. The van der Waals surface area contributed by atoms with Crippen molar-refractivity contribution in [2.75, 3.05) is 5.32 Å². The van der Waals surface area contributed by atoms with Crippen LogP contribution in [-0.2, 0) is 0 Å². The molecule has 8 heteroatoms. The Balaban J connectivity index is 1.49. The molecule has 8 nitrogen and oxygen atoms in total. The average molecular weight is 402 g/mol. The number of hydrogen-bond acceptors (Lipinski definition) is 6.